The molecule has 0 spiro atoms. The zero-order valence-electron chi connectivity index (χ0n) is 16.4. The fourth-order valence-corrected chi connectivity index (χ4v) is 3.51. The van der Waals surface area contributed by atoms with Crippen LogP contribution < -0.4 is 11.2 Å². The van der Waals surface area contributed by atoms with Gasteiger partial charge in [0.05, 0.1) is 11.6 Å². The van der Waals surface area contributed by atoms with E-state index in [1.165, 1.54) is 11.6 Å². The topological polar surface area (TPSA) is 109 Å². The number of hydrogen-bond donors (Lipinski definition) is 1. The van der Waals surface area contributed by atoms with Crippen LogP contribution >= 0.6 is 0 Å². The van der Waals surface area contributed by atoms with Gasteiger partial charge in [-0.2, -0.15) is 5.26 Å². The van der Waals surface area contributed by atoms with Gasteiger partial charge in [0.2, 0.25) is 0 Å². The molecule has 4 aromatic rings. The molecule has 0 fully saturated rings. The first kappa shape index (κ1) is 18.6. The van der Waals surface area contributed by atoms with Crippen LogP contribution in [0.15, 0.2) is 40.2 Å². The maximum atomic E-state index is 12.6. The number of nitrogens with zero attached hydrogens (tertiary/aromatic N) is 5. The van der Waals surface area contributed by atoms with E-state index in [9.17, 15) is 14.9 Å². The first-order valence-corrected chi connectivity index (χ1v) is 9.34. The quantitative estimate of drug-likeness (QED) is 0.576. The molecule has 146 valence electrons. The lowest BCUT2D eigenvalue weighted by Crippen LogP contribution is -2.38. The van der Waals surface area contributed by atoms with E-state index in [2.05, 4.69) is 21.0 Å². The van der Waals surface area contributed by atoms with Crippen molar-refractivity contribution in [2.75, 3.05) is 0 Å². The van der Waals surface area contributed by atoms with Crippen LogP contribution in [0.1, 0.15) is 30.8 Å². The molecule has 1 N–H and O–H groups in total. The summed E-state index contributed by atoms with van der Waals surface area (Å²) in [6, 6.07) is 7.59. The van der Waals surface area contributed by atoms with E-state index in [4.69, 9.17) is 0 Å². The molecule has 8 heteroatoms. The highest BCUT2D eigenvalue weighted by molar-refractivity contribution is 5.86. The maximum absolute atomic E-state index is 12.6. The van der Waals surface area contributed by atoms with Crippen LogP contribution in [0.3, 0.4) is 0 Å². The van der Waals surface area contributed by atoms with Gasteiger partial charge in [-0.05, 0) is 29.0 Å². The molecule has 0 amide bonds. The second kappa shape index (κ2) is 7.02. The van der Waals surface area contributed by atoms with Gasteiger partial charge in [0, 0.05) is 37.8 Å². The van der Waals surface area contributed by atoms with Crippen LogP contribution in [0.5, 0.6) is 0 Å². The Kier molecular flexibility index (Phi) is 4.51. The molecular formula is C21H20N6O2. The molecule has 0 saturated carbocycles. The fourth-order valence-electron chi connectivity index (χ4n) is 3.51. The Morgan fingerprint density at radius 2 is 2.03 bits per heavy atom. The third-order valence-electron chi connectivity index (χ3n) is 4.90. The minimum absolute atomic E-state index is 0.222. The van der Waals surface area contributed by atoms with Crippen molar-refractivity contribution >= 4 is 21.9 Å². The van der Waals surface area contributed by atoms with Crippen molar-refractivity contribution in [3.8, 4) is 6.07 Å². The number of hydrogen-bond acceptors (Lipinski definition) is 5. The summed E-state index contributed by atoms with van der Waals surface area (Å²) in [5.41, 5.74) is 1.36. The summed E-state index contributed by atoms with van der Waals surface area (Å²) in [7, 11) is 1.47. The lowest BCUT2D eigenvalue weighted by molar-refractivity contribution is 0.500. The largest absolute Gasteiger partial charge is 0.336 e. The molecule has 29 heavy (non-hydrogen) atoms. The first-order chi connectivity index (χ1) is 13.9. The van der Waals surface area contributed by atoms with Gasteiger partial charge in [0.1, 0.15) is 11.3 Å². The number of pyridine rings is 1. The number of imidazole rings is 1. The highest BCUT2D eigenvalue weighted by Crippen LogP contribution is 2.21. The minimum Gasteiger partial charge on any atom is -0.336 e. The Morgan fingerprint density at radius 3 is 2.76 bits per heavy atom. The van der Waals surface area contributed by atoms with Gasteiger partial charge in [0.15, 0.2) is 5.65 Å². The molecule has 0 aliphatic heterocycles. The standard InChI is InChI=1S/C21H20N6O2/c1-12(2)11-27-19-18(20(28)26(3)21(27)29)24-17(25-19)7-15-10-23-9-14-5-4-13(8-22)6-16(14)15/h4-6,9-10,12H,7,11H2,1-3H3,(H,24,25). The number of fused-ring (bicyclic) bond motifs is 2. The molecule has 0 bridgehead atoms. The Morgan fingerprint density at radius 1 is 1.24 bits per heavy atom. The molecule has 0 aliphatic rings. The van der Waals surface area contributed by atoms with Gasteiger partial charge in [-0.3, -0.25) is 18.9 Å². The number of aromatic nitrogens is 5. The normalized spacial score (nSPS) is 11.4. The van der Waals surface area contributed by atoms with Crippen LogP contribution in [0, 0.1) is 17.2 Å². The van der Waals surface area contributed by atoms with Crippen molar-refractivity contribution in [1.82, 2.24) is 24.1 Å². The van der Waals surface area contributed by atoms with Crippen LogP contribution in [-0.2, 0) is 20.0 Å². The maximum Gasteiger partial charge on any atom is 0.332 e. The minimum atomic E-state index is -0.397. The Labute approximate surface area is 166 Å². The van der Waals surface area contributed by atoms with E-state index in [0.717, 1.165) is 20.9 Å². The van der Waals surface area contributed by atoms with E-state index in [-0.39, 0.29) is 11.6 Å². The zero-order valence-corrected chi connectivity index (χ0v) is 16.4. The molecular weight excluding hydrogens is 368 g/mol. The summed E-state index contributed by atoms with van der Waals surface area (Å²) in [5.74, 6) is 0.789. The van der Waals surface area contributed by atoms with Crippen molar-refractivity contribution in [3.63, 3.8) is 0 Å². The van der Waals surface area contributed by atoms with Crippen molar-refractivity contribution in [2.24, 2.45) is 13.0 Å². The molecule has 0 unspecified atom stereocenters. The van der Waals surface area contributed by atoms with Crippen molar-refractivity contribution in [1.29, 1.82) is 5.26 Å². The number of H-pyrrole nitrogens is 1. The SMILES string of the molecule is CC(C)Cn1c(=O)n(C)c(=O)c2[nH]c(Cc3cncc4ccc(C#N)cc34)nc21. The lowest BCUT2D eigenvalue weighted by atomic mass is 10.0. The third kappa shape index (κ3) is 3.21. The van der Waals surface area contributed by atoms with Crippen LogP contribution in [-0.4, -0.2) is 24.1 Å². The van der Waals surface area contributed by atoms with Gasteiger partial charge in [-0.25, -0.2) is 9.78 Å². The van der Waals surface area contributed by atoms with Crippen LogP contribution in [0.25, 0.3) is 21.9 Å². The predicted molar refractivity (Wildman–Crippen MR) is 110 cm³/mol. The number of nitrogens with one attached hydrogen (secondary N) is 1. The molecule has 0 saturated heterocycles. The lowest BCUT2D eigenvalue weighted by Gasteiger charge is -2.10. The molecule has 0 atom stereocenters. The number of rotatable bonds is 4. The molecule has 1 aromatic carbocycles. The Bertz CT molecular complexity index is 1400. The summed E-state index contributed by atoms with van der Waals surface area (Å²) in [6.45, 7) is 4.48. The Balaban J connectivity index is 1.88. The highest BCUT2D eigenvalue weighted by Gasteiger charge is 2.17. The van der Waals surface area contributed by atoms with E-state index in [1.807, 2.05) is 26.0 Å². The van der Waals surface area contributed by atoms with Crippen LogP contribution in [0.4, 0.5) is 0 Å². The second-order valence-corrected chi connectivity index (χ2v) is 7.56. The van der Waals surface area contributed by atoms with E-state index >= 15 is 0 Å². The van der Waals surface area contributed by atoms with E-state index < -0.39 is 5.56 Å². The van der Waals surface area contributed by atoms with Crippen molar-refractivity contribution in [3.05, 3.63) is 68.4 Å². The summed E-state index contributed by atoms with van der Waals surface area (Å²) < 4.78 is 2.64. The zero-order chi connectivity index (χ0) is 20.7. The molecule has 0 aliphatic carbocycles. The average molecular weight is 388 g/mol. The van der Waals surface area contributed by atoms with Crippen molar-refractivity contribution < 1.29 is 0 Å². The summed E-state index contributed by atoms with van der Waals surface area (Å²) in [4.78, 5) is 37.1. The third-order valence-corrected chi connectivity index (χ3v) is 4.90. The molecule has 8 nitrogen and oxygen atoms in total. The summed E-state index contributed by atoms with van der Waals surface area (Å²) in [6.07, 6.45) is 3.87. The van der Waals surface area contributed by atoms with E-state index in [1.54, 1.807) is 18.5 Å². The van der Waals surface area contributed by atoms with Gasteiger partial charge in [-0.15, -0.1) is 0 Å². The first-order valence-electron chi connectivity index (χ1n) is 9.34. The number of aromatic amines is 1. The van der Waals surface area contributed by atoms with Gasteiger partial charge in [-0.1, -0.05) is 19.9 Å². The molecule has 4 rings (SSSR count). The van der Waals surface area contributed by atoms with Gasteiger partial charge in [0.25, 0.3) is 5.56 Å². The smallest absolute Gasteiger partial charge is 0.332 e. The average Bonchev–Trinajstić information content (AvgIpc) is 3.13. The number of benzene rings is 1. The molecule has 3 aromatic heterocycles. The van der Waals surface area contributed by atoms with Crippen molar-refractivity contribution in [2.45, 2.75) is 26.8 Å². The number of nitriles is 1. The second-order valence-electron chi connectivity index (χ2n) is 7.56. The van der Waals surface area contributed by atoms with Crippen LogP contribution in [0.2, 0.25) is 0 Å². The monoisotopic (exact) mass is 388 g/mol. The predicted octanol–water partition coefficient (Wildman–Crippen LogP) is 2.09. The van der Waals surface area contributed by atoms with Gasteiger partial charge >= 0.3 is 5.69 Å². The van der Waals surface area contributed by atoms with E-state index in [0.29, 0.717) is 35.5 Å². The summed E-state index contributed by atoms with van der Waals surface area (Å²) in [5, 5.41) is 11.0. The highest BCUT2D eigenvalue weighted by atomic mass is 16.2. The fraction of sp³-hybridized carbons (Fsp3) is 0.286. The molecule has 0 radical (unpaired) electrons. The summed E-state index contributed by atoms with van der Waals surface area (Å²) >= 11 is 0. The molecule has 3 heterocycles. The Hall–Kier alpha value is -3.73. The van der Waals surface area contributed by atoms with Gasteiger partial charge < -0.3 is 4.98 Å².